The SMILES string of the molecule is CC(C)OC(=O)N1CCCCC1(C)N. The van der Waals surface area contributed by atoms with Crippen LogP contribution in [0.2, 0.25) is 0 Å². The molecule has 4 nitrogen and oxygen atoms in total. The van der Waals surface area contributed by atoms with Crippen LogP contribution in [0, 0.1) is 0 Å². The van der Waals surface area contributed by atoms with E-state index < -0.39 is 5.66 Å². The molecule has 1 amide bonds. The smallest absolute Gasteiger partial charge is 0.411 e. The van der Waals surface area contributed by atoms with Crippen LogP contribution in [-0.2, 0) is 4.74 Å². The van der Waals surface area contributed by atoms with Gasteiger partial charge in [-0.3, -0.25) is 4.90 Å². The summed E-state index contributed by atoms with van der Waals surface area (Å²) in [6.45, 7) is 6.28. The molecule has 1 fully saturated rings. The fourth-order valence-electron chi connectivity index (χ4n) is 1.71. The highest BCUT2D eigenvalue weighted by molar-refractivity contribution is 5.68. The molecule has 1 rings (SSSR count). The van der Waals surface area contributed by atoms with Crippen molar-refractivity contribution >= 4 is 6.09 Å². The van der Waals surface area contributed by atoms with Crippen LogP contribution in [0.25, 0.3) is 0 Å². The summed E-state index contributed by atoms with van der Waals surface area (Å²) in [6, 6.07) is 0. The van der Waals surface area contributed by atoms with E-state index in [0.29, 0.717) is 6.54 Å². The molecule has 82 valence electrons. The number of piperidine rings is 1. The van der Waals surface area contributed by atoms with Gasteiger partial charge >= 0.3 is 6.09 Å². The van der Waals surface area contributed by atoms with Crippen LogP contribution in [-0.4, -0.2) is 29.3 Å². The first kappa shape index (κ1) is 11.3. The standard InChI is InChI=1S/C10H20N2O2/c1-8(2)14-9(13)12-7-5-4-6-10(12,3)11/h8H,4-7,11H2,1-3H3. The third-order valence-corrected chi connectivity index (χ3v) is 2.49. The topological polar surface area (TPSA) is 55.6 Å². The van der Waals surface area contributed by atoms with E-state index in [1.165, 1.54) is 0 Å². The molecule has 0 aromatic carbocycles. The summed E-state index contributed by atoms with van der Waals surface area (Å²) < 4.78 is 5.13. The number of amides is 1. The van der Waals surface area contributed by atoms with Crippen LogP contribution < -0.4 is 5.73 Å². The van der Waals surface area contributed by atoms with E-state index in [0.717, 1.165) is 19.3 Å². The zero-order chi connectivity index (χ0) is 10.8. The molecular weight excluding hydrogens is 180 g/mol. The number of nitrogens with two attached hydrogens (primary N) is 1. The maximum atomic E-state index is 11.6. The Balaban J connectivity index is 2.60. The van der Waals surface area contributed by atoms with Crippen LogP contribution in [0.1, 0.15) is 40.0 Å². The second-order valence-corrected chi connectivity index (χ2v) is 4.40. The van der Waals surface area contributed by atoms with Crippen LogP contribution in [0.3, 0.4) is 0 Å². The molecular formula is C10H20N2O2. The lowest BCUT2D eigenvalue weighted by molar-refractivity contribution is 0.0234. The summed E-state index contributed by atoms with van der Waals surface area (Å²) in [7, 11) is 0. The Morgan fingerprint density at radius 2 is 2.14 bits per heavy atom. The van der Waals surface area contributed by atoms with Gasteiger partial charge in [0.2, 0.25) is 0 Å². The van der Waals surface area contributed by atoms with Crippen LogP contribution in [0.15, 0.2) is 0 Å². The second-order valence-electron chi connectivity index (χ2n) is 4.40. The van der Waals surface area contributed by atoms with Crippen molar-refractivity contribution in [1.82, 2.24) is 4.90 Å². The normalized spacial score (nSPS) is 27.9. The molecule has 0 saturated carbocycles. The minimum absolute atomic E-state index is 0.0831. The number of ether oxygens (including phenoxy) is 1. The molecule has 4 heteroatoms. The lowest BCUT2D eigenvalue weighted by Crippen LogP contribution is -2.58. The minimum Gasteiger partial charge on any atom is -0.447 e. The molecule has 1 heterocycles. The molecule has 0 bridgehead atoms. The summed E-state index contributed by atoms with van der Waals surface area (Å²) in [6.07, 6.45) is 2.57. The number of carbonyl (C=O) groups excluding carboxylic acids is 1. The third-order valence-electron chi connectivity index (χ3n) is 2.49. The van der Waals surface area contributed by atoms with Gasteiger partial charge in [-0.25, -0.2) is 4.79 Å². The van der Waals surface area contributed by atoms with Gasteiger partial charge in [-0.05, 0) is 40.0 Å². The van der Waals surface area contributed by atoms with Crippen molar-refractivity contribution in [3.8, 4) is 0 Å². The van der Waals surface area contributed by atoms with E-state index in [2.05, 4.69) is 0 Å². The molecule has 1 saturated heterocycles. The molecule has 0 aromatic heterocycles. The molecule has 1 unspecified atom stereocenters. The first-order valence-electron chi connectivity index (χ1n) is 5.20. The summed E-state index contributed by atoms with van der Waals surface area (Å²) in [5, 5.41) is 0. The third kappa shape index (κ3) is 2.61. The van der Waals surface area contributed by atoms with Crippen molar-refractivity contribution in [2.24, 2.45) is 5.73 Å². The minimum atomic E-state index is -0.537. The van der Waals surface area contributed by atoms with Gasteiger partial charge < -0.3 is 10.5 Å². The number of rotatable bonds is 1. The van der Waals surface area contributed by atoms with Gasteiger partial charge in [-0.1, -0.05) is 0 Å². The molecule has 0 aromatic rings. The summed E-state index contributed by atoms with van der Waals surface area (Å²) in [4.78, 5) is 13.3. The Kier molecular flexibility index (Phi) is 3.37. The Labute approximate surface area is 85.4 Å². The Morgan fingerprint density at radius 3 is 2.64 bits per heavy atom. The fraction of sp³-hybridized carbons (Fsp3) is 0.900. The number of hydrogen-bond acceptors (Lipinski definition) is 3. The van der Waals surface area contributed by atoms with E-state index in [9.17, 15) is 4.79 Å². The van der Waals surface area contributed by atoms with Crippen LogP contribution in [0.5, 0.6) is 0 Å². The lowest BCUT2D eigenvalue weighted by Gasteiger charge is -2.41. The molecule has 1 aliphatic heterocycles. The molecule has 0 spiro atoms. The van der Waals surface area contributed by atoms with E-state index >= 15 is 0 Å². The Bertz CT molecular complexity index is 214. The van der Waals surface area contributed by atoms with Gasteiger partial charge in [0.15, 0.2) is 0 Å². The average Bonchev–Trinajstić information content (AvgIpc) is 2.01. The van der Waals surface area contributed by atoms with Crippen molar-refractivity contribution in [2.45, 2.75) is 51.8 Å². The quantitative estimate of drug-likeness (QED) is 0.700. The predicted molar refractivity (Wildman–Crippen MR) is 54.8 cm³/mol. The maximum Gasteiger partial charge on any atom is 0.411 e. The van der Waals surface area contributed by atoms with Gasteiger partial charge in [0.25, 0.3) is 0 Å². The second kappa shape index (κ2) is 4.17. The molecule has 0 radical (unpaired) electrons. The zero-order valence-corrected chi connectivity index (χ0v) is 9.25. The predicted octanol–water partition coefficient (Wildman–Crippen LogP) is 1.69. The van der Waals surface area contributed by atoms with Crippen molar-refractivity contribution in [3.63, 3.8) is 0 Å². The average molecular weight is 200 g/mol. The Hall–Kier alpha value is -0.770. The van der Waals surface area contributed by atoms with E-state index in [-0.39, 0.29) is 12.2 Å². The van der Waals surface area contributed by atoms with Crippen molar-refractivity contribution < 1.29 is 9.53 Å². The molecule has 2 N–H and O–H groups in total. The van der Waals surface area contributed by atoms with Crippen molar-refractivity contribution in [3.05, 3.63) is 0 Å². The maximum absolute atomic E-state index is 11.6. The van der Waals surface area contributed by atoms with Crippen molar-refractivity contribution in [2.75, 3.05) is 6.54 Å². The fourth-order valence-corrected chi connectivity index (χ4v) is 1.71. The summed E-state index contributed by atoms with van der Waals surface area (Å²) >= 11 is 0. The first-order chi connectivity index (χ1) is 6.43. The monoisotopic (exact) mass is 200 g/mol. The van der Waals surface area contributed by atoms with Gasteiger partial charge in [0, 0.05) is 6.54 Å². The van der Waals surface area contributed by atoms with E-state index in [1.807, 2.05) is 20.8 Å². The highest BCUT2D eigenvalue weighted by Crippen LogP contribution is 2.23. The molecule has 1 atom stereocenters. The number of hydrogen-bond donors (Lipinski definition) is 1. The van der Waals surface area contributed by atoms with Gasteiger partial charge in [-0.2, -0.15) is 0 Å². The van der Waals surface area contributed by atoms with Gasteiger partial charge in [0.05, 0.1) is 11.8 Å². The van der Waals surface area contributed by atoms with Crippen LogP contribution >= 0.6 is 0 Å². The van der Waals surface area contributed by atoms with Crippen LogP contribution in [0.4, 0.5) is 4.79 Å². The molecule has 14 heavy (non-hydrogen) atoms. The van der Waals surface area contributed by atoms with Gasteiger partial charge in [-0.15, -0.1) is 0 Å². The highest BCUT2D eigenvalue weighted by atomic mass is 16.6. The summed E-state index contributed by atoms with van der Waals surface area (Å²) in [5.41, 5.74) is 5.49. The van der Waals surface area contributed by atoms with E-state index in [1.54, 1.807) is 4.90 Å². The molecule has 1 aliphatic rings. The first-order valence-corrected chi connectivity index (χ1v) is 5.20. The highest BCUT2D eigenvalue weighted by Gasteiger charge is 2.35. The number of likely N-dealkylation sites (tertiary alicyclic amines) is 1. The molecule has 0 aliphatic carbocycles. The van der Waals surface area contributed by atoms with E-state index in [4.69, 9.17) is 10.5 Å². The number of nitrogens with zero attached hydrogens (tertiary/aromatic N) is 1. The lowest BCUT2D eigenvalue weighted by atomic mass is 9.98. The zero-order valence-electron chi connectivity index (χ0n) is 9.25. The summed E-state index contributed by atoms with van der Waals surface area (Å²) in [5.74, 6) is 0. The van der Waals surface area contributed by atoms with Gasteiger partial charge in [0.1, 0.15) is 0 Å². The Morgan fingerprint density at radius 1 is 1.50 bits per heavy atom. The van der Waals surface area contributed by atoms with Crippen molar-refractivity contribution in [1.29, 1.82) is 0 Å². The number of carbonyl (C=O) groups is 1. The largest absolute Gasteiger partial charge is 0.447 e.